The summed E-state index contributed by atoms with van der Waals surface area (Å²) in [5.74, 6) is 1.72. The monoisotopic (exact) mass is 428 g/mol. The minimum Gasteiger partial charge on any atom is -0.344 e. The number of aromatic nitrogens is 4. The predicted octanol–water partition coefficient (Wildman–Crippen LogP) is 5.49. The van der Waals surface area contributed by atoms with Crippen LogP contribution in [-0.4, -0.2) is 39.2 Å². The standard InChI is InChI=1S/C20H32N6.C5H12/c1-21-18(12-16-4-2-3-9-23-16)20-24-13-19(25-20)15-5-7-17(8-6-15)26-11-10-22-14-26;1-3-5-4-2/h10-11,13-18,21,23H,2-9,12H2,1H3,(H,24,25);3-5H2,1-2H3/t15?,16?,17?,18-;/m0./s1. The first-order valence-corrected chi connectivity index (χ1v) is 12.7. The van der Waals surface area contributed by atoms with Crippen molar-refractivity contribution in [3.63, 3.8) is 0 Å². The number of H-pyrrole nitrogens is 1. The maximum atomic E-state index is 4.74. The van der Waals surface area contributed by atoms with Crippen LogP contribution in [0.1, 0.15) is 114 Å². The Kier molecular flexibility index (Phi) is 10.1. The number of aromatic amines is 1. The van der Waals surface area contributed by atoms with Gasteiger partial charge in [0.25, 0.3) is 0 Å². The summed E-state index contributed by atoms with van der Waals surface area (Å²) in [6.45, 7) is 5.58. The van der Waals surface area contributed by atoms with E-state index in [2.05, 4.69) is 51.4 Å². The molecule has 6 heteroatoms. The second-order valence-electron chi connectivity index (χ2n) is 9.32. The van der Waals surface area contributed by atoms with Crippen LogP contribution in [0.25, 0.3) is 0 Å². The summed E-state index contributed by atoms with van der Waals surface area (Å²) in [6, 6.07) is 1.53. The summed E-state index contributed by atoms with van der Waals surface area (Å²) in [6.07, 6.45) is 22.0. The number of nitrogens with zero attached hydrogens (tertiary/aromatic N) is 3. The van der Waals surface area contributed by atoms with Crippen molar-refractivity contribution in [2.75, 3.05) is 13.6 Å². The molecule has 0 amide bonds. The Balaban J connectivity index is 0.000000491. The fraction of sp³-hybridized carbons (Fsp3) is 0.760. The van der Waals surface area contributed by atoms with Crippen molar-refractivity contribution < 1.29 is 0 Å². The molecule has 2 aromatic heterocycles. The molecule has 1 aliphatic carbocycles. The van der Waals surface area contributed by atoms with Gasteiger partial charge in [-0.3, -0.25) is 0 Å². The number of unbranched alkanes of at least 4 members (excludes halogenated alkanes) is 2. The van der Waals surface area contributed by atoms with Crippen molar-refractivity contribution >= 4 is 0 Å². The fourth-order valence-corrected chi connectivity index (χ4v) is 5.04. The van der Waals surface area contributed by atoms with Gasteiger partial charge >= 0.3 is 0 Å². The molecule has 2 aliphatic rings. The van der Waals surface area contributed by atoms with Gasteiger partial charge in [-0.1, -0.05) is 39.5 Å². The van der Waals surface area contributed by atoms with Crippen molar-refractivity contribution in [3.8, 4) is 0 Å². The molecule has 3 heterocycles. The second-order valence-corrected chi connectivity index (χ2v) is 9.32. The minimum absolute atomic E-state index is 0.307. The van der Waals surface area contributed by atoms with Gasteiger partial charge in [0.05, 0.1) is 12.4 Å². The maximum Gasteiger partial charge on any atom is 0.123 e. The Morgan fingerprint density at radius 1 is 1.13 bits per heavy atom. The Hall–Kier alpha value is -1.66. The van der Waals surface area contributed by atoms with E-state index in [0.717, 1.165) is 18.8 Å². The van der Waals surface area contributed by atoms with E-state index < -0.39 is 0 Å². The van der Waals surface area contributed by atoms with Gasteiger partial charge in [-0.05, 0) is 58.5 Å². The van der Waals surface area contributed by atoms with Gasteiger partial charge in [0.15, 0.2) is 0 Å². The van der Waals surface area contributed by atoms with E-state index in [-0.39, 0.29) is 0 Å². The Bertz CT molecular complexity index is 693. The Morgan fingerprint density at radius 2 is 1.94 bits per heavy atom. The number of piperidine rings is 1. The van der Waals surface area contributed by atoms with Gasteiger partial charge in [0.2, 0.25) is 0 Å². The first-order chi connectivity index (χ1) is 15.2. The first-order valence-electron chi connectivity index (χ1n) is 12.7. The van der Waals surface area contributed by atoms with E-state index in [1.54, 1.807) is 0 Å². The van der Waals surface area contributed by atoms with Gasteiger partial charge in [-0.2, -0.15) is 0 Å². The third kappa shape index (κ3) is 7.18. The molecular weight excluding hydrogens is 384 g/mol. The predicted molar refractivity (Wildman–Crippen MR) is 128 cm³/mol. The van der Waals surface area contributed by atoms with Gasteiger partial charge in [0, 0.05) is 42.3 Å². The summed E-state index contributed by atoms with van der Waals surface area (Å²) in [5.41, 5.74) is 1.32. The number of nitrogens with one attached hydrogen (secondary N) is 3. The lowest BCUT2D eigenvalue weighted by molar-refractivity contribution is 0.319. The minimum atomic E-state index is 0.307. The topological polar surface area (TPSA) is 70.6 Å². The Labute approximate surface area is 189 Å². The normalized spacial score (nSPS) is 24.9. The van der Waals surface area contributed by atoms with Crippen LogP contribution in [0.3, 0.4) is 0 Å². The smallest absolute Gasteiger partial charge is 0.123 e. The SMILES string of the molecule is CCCCC.CN[C@@H](CC1CCCCN1)c1ncc(C2CCC(n3ccnc3)CC2)[nH]1. The third-order valence-electron chi connectivity index (χ3n) is 7.02. The molecule has 2 aromatic rings. The fourth-order valence-electron chi connectivity index (χ4n) is 5.04. The average molecular weight is 429 g/mol. The molecule has 1 saturated carbocycles. The van der Waals surface area contributed by atoms with Gasteiger partial charge in [-0.25, -0.2) is 9.97 Å². The lowest BCUT2D eigenvalue weighted by Crippen LogP contribution is -2.37. The van der Waals surface area contributed by atoms with E-state index in [9.17, 15) is 0 Å². The molecule has 2 fully saturated rings. The van der Waals surface area contributed by atoms with Crippen LogP contribution in [-0.2, 0) is 0 Å². The molecule has 0 radical (unpaired) electrons. The zero-order valence-electron chi connectivity index (χ0n) is 19.9. The van der Waals surface area contributed by atoms with Crippen LogP contribution in [0, 0.1) is 0 Å². The lowest BCUT2D eigenvalue weighted by atomic mass is 9.84. The van der Waals surface area contributed by atoms with Crippen molar-refractivity contribution in [1.29, 1.82) is 0 Å². The quantitative estimate of drug-likeness (QED) is 0.519. The molecule has 0 spiro atoms. The van der Waals surface area contributed by atoms with Crippen molar-refractivity contribution in [2.24, 2.45) is 0 Å². The zero-order chi connectivity index (χ0) is 21.9. The molecule has 0 aromatic carbocycles. The number of hydrogen-bond donors (Lipinski definition) is 3. The second kappa shape index (κ2) is 13.0. The lowest BCUT2D eigenvalue weighted by Gasteiger charge is -2.29. The van der Waals surface area contributed by atoms with Crippen molar-refractivity contribution in [3.05, 3.63) is 36.4 Å². The highest BCUT2D eigenvalue weighted by Crippen LogP contribution is 2.37. The molecule has 1 aliphatic heterocycles. The highest BCUT2D eigenvalue weighted by Gasteiger charge is 2.26. The number of rotatable bonds is 8. The summed E-state index contributed by atoms with van der Waals surface area (Å²) >= 11 is 0. The van der Waals surface area contributed by atoms with E-state index in [1.165, 1.54) is 69.9 Å². The van der Waals surface area contributed by atoms with Crippen LogP contribution in [0.2, 0.25) is 0 Å². The van der Waals surface area contributed by atoms with E-state index in [1.807, 2.05) is 19.6 Å². The molecule has 6 nitrogen and oxygen atoms in total. The van der Waals surface area contributed by atoms with Crippen LogP contribution in [0.5, 0.6) is 0 Å². The van der Waals surface area contributed by atoms with Gasteiger partial charge < -0.3 is 20.2 Å². The van der Waals surface area contributed by atoms with Crippen LogP contribution in [0.4, 0.5) is 0 Å². The van der Waals surface area contributed by atoms with Crippen molar-refractivity contribution in [2.45, 2.75) is 109 Å². The molecule has 174 valence electrons. The summed E-state index contributed by atoms with van der Waals surface area (Å²) in [4.78, 5) is 12.6. The first kappa shape index (κ1) is 24.0. The van der Waals surface area contributed by atoms with Crippen LogP contribution in [0.15, 0.2) is 24.9 Å². The molecule has 31 heavy (non-hydrogen) atoms. The van der Waals surface area contributed by atoms with Gasteiger partial charge in [-0.15, -0.1) is 0 Å². The average Bonchev–Trinajstić information content (AvgIpc) is 3.52. The zero-order valence-corrected chi connectivity index (χ0v) is 19.9. The van der Waals surface area contributed by atoms with Crippen LogP contribution < -0.4 is 10.6 Å². The van der Waals surface area contributed by atoms with Gasteiger partial charge in [0.1, 0.15) is 5.82 Å². The van der Waals surface area contributed by atoms with E-state index in [0.29, 0.717) is 24.0 Å². The summed E-state index contributed by atoms with van der Waals surface area (Å²) in [5, 5.41) is 7.12. The molecular formula is C25H44N6. The number of hydrogen-bond acceptors (Lipinski definition) is 4. The van der Waals surface area contributed by atoms with E-state index in [4.69, 9.17) is 4.98 Å². The summed E-state index contributed by atoms with van der Waals surface area (Å²) < 4.78 is 2.27. The molecule has 2 atom stereocenters. The summed E-state index contributed by atoms with van der Waals surface area (Å²) in [7, 11) is 2.05. The largest absolute Gasteiger partial charge is 0.344 e. The third-order valence-corrected chi connectivity index (χ3v) is 7.02. The molecule has 1 saturated heterocycles. The molecule has 1 unspecified atom stereocenters. The molecule has 4 rings (SSSR count). The van der Waals surface area contributed by atoms with Crippen molar-refractivity contribution in [1.82, 2.24) is 30.2 Å². The molecule has 0 bridgehead atoms. The maximum absolute atomic E-state index is 4.74. The van der Waals surface area contributed by atoms with E-state index >= 15 is 0 Å². The molecule has 3 N–H and O–H groups in total. The highest BCUT2D eigenvalue weighted by molar-refractivity contribution is 5.11. The number of imidazole rings is 2. The van der Waals surface area contributed by atoms with Crippen LogP contribution >= 0.6 is 0 Å². The highest BCUT2D eigenvalue weighted by atomic mass is 15.1. The Morgan fingerprint density at radius 3 is 2.52 bits per heavy atom.